The summed E-state index contributed by atoms with van der Waals surface area (Å²) in [7, 11) is 0. The largest absolute Gasteiger partial charge is 0.0617 e. The zero-order valence-electron chi connectivity index (χ0n) is 6.93. The zero-order chi connectivity index (χ0) is 7.68. The predicted octanol–water partition coefficient (Wildman–Crippen LogP) is 2.97. The maximum Gasteiger partial charge on any atom is 0.00505 e. The van der Waals surface area contributed by atoms with Crippen molar-refractivity contribution in [3.8, 4) is 0 Å². The number of hydrogen-bond acceptors (Lipinski definition) is 0. The highest BCUT2D eigenvalue weighted by molar-refractivity contribution is 5.39. The zero-order valence-corrected chi connectivity index (χ0v) is 6.93. The molecule has 0 atom stereocenters. The third-order valence-electron chi connectivity index (χ3n) is 2.24. The first-order valence-electron chi connectivity index (χ1n) is 4.34. The summed E-state index contributed by atoms with van der Waals surface area (Å²) >= 11 is 0. The Labute approximate surface area is 68.3 Å². The van der Waals surface area contributed by atoms with Gasteiger partial charge in [-0.2, -0.15) is 0 Å². The van der Waals surface area contributed by atoms with Gasteiger partial charge in [0.25, 0.3) is 0 Å². The van der Waals surface area contributed by atoms with Gasteiger partial charge in [-0.05, 0) is 30.4 Å². The smallest absolute Gasteiger partial charge is 0.00505 e. The molecule has 0 saturated heterocycles. The quantitative estimate of drug-likeness (QED) is 0.600. The van der Waals surface area contributed by atoms with E-state index in [-0.39, 0.29) is 0 Å². The Morgan fingerprint density at radius 1 is 1.27 bits per heavy atom. The lowest BCUT2D eigenvalue weighted by molar-refractivity contribution is 1.13. The van der Waals surface area contributed by atoms with E-state index >= 15 is 0 Å². The summed E-state index contributed by atoms with van der Waals surface area (Å²) in [6, 6.07) is 8.91. The van der Waals surface area contributed by atoms with Crippen LogP contribution in [0.5, 0.6) is 0 Å². The normalized spacial score (nSPS) is 16.8. The van der Waals surface area contributed by atoms with E-state index < -0.39 is 0 Å². The first-order chi connectivity index (χ1) is 5.40. The van der Waals surface area contributed by atoms with Crippen LogP contribution in [-0.4, -0.2) is 0 Å². The molecule has 1 aromatic carbocycles. The lowest BCUT2D eigenvalue weighted by Gasteiger charge is -1.99. The van der Waals surface area contributed by atoms with Crippen LogP contribution < -0.4 is 0 Å². The standard InChI is InChI=1S/C11H13/c1-2-9-4-3-5-11(8-9)10-6-7-10/h3-5,8H,2,6-7H2,1H3. The van der Waals surface area contributed by atoms with Crippen molar-refractivity contribution >= 4 is 0 Å². The van der Waals surface area contributed by atoms with E-state index in [2.05, 4.69) is 31.2 Å². The van der Waals surface area contributed by atoms with Gasteiger partial charge in [-0.3, -0.25) is 0 Å². The second-order valence-corrected chi connectivity index (χ2v) is 3.16. The Bertz CT molecular complexity index is 246. The second-order valence-electron chi connectivity index (χ2n) is 3.16. The summed E-state index contributed by atoms with van der Waals surface area (Å²) in [6.45, 7) is 2.21. The average molecular weight is 145 g/mol. The van der Waals surface area contributed by atoms with Crippen LogP contribution >= 0.6 is 0 Å². The first-order valence-corrected chi connectivity index (χ1v) is 4.34. The van der Waals surface area contributed by atoms with Gasteiger partial charge in [-0.15, -0.1) is 0 Å². The third-order valence-corrected chi connectivity index (χ3v) is 2.24. The van der Waals surface area contributed by atoms with E-state index in [0.29, 0.717) is 0 Å². The van der Waals surface area contributed by atoms with Gasteiger partial charge in [-0.25, -0.2) is 0 Å². The Morgan fingerprint density at radius 3 is 2.73 bits per heavy atom. The molecule has 2 rings (SSSR count). The molecular formula is C11H13. The second kappa shape index (κ2) is 2.69. The van der Waals surface area contributed by atoms with Crippen molar-refractivity contribution in [3.63, 3.8) is 0 Å². The molecule has 0 heteroatoms. The topological polar surface area (TPSA) is 0 Å². The molecule has 0 amide bonds. The first kappa shape index (κ1) is 6.90. The SMILES string of the molecule is CCc1cccc([C]2CC2)c1. The van der Waals surface area contributed by atoms with Crippen molar-refractivity contribution in [1.82, 2.24) is 0 Å². The van der Waals surface area contributed by atoms with Gasteiger partial charge in [0.05, 0.1) is 0 Å². The summed E-state index contributed by atoms with van der Waals surface area (Å²) in [5.74, 6) is 1.64. The van der Waals surface area contributed by atoms with Gasteiger partial charge < -0.3 is 0 Å². The van der Waals surface area contributed by atoms with Gasteiger partial charge in [0, 0.05) is 5.92 Å². The highest BCUT2D eigenvalue weighted by Crippen LogP contribution is 2.38. The molecule has 1 radical (unpaired) electrons. The number of hydrogen-bond donors (Lipinski definition) is 0. The average Bonchev–Trinajstić information content (AvgIpc) is 2.87. The Hall–Kier alpha value is -0.780. The van der Waals surface area contributed by atoms with Crippen LogP contribution in [0.3, 0.4) is 0 Å². The van der Waals surface area contributed by atoms with Crippen molar-refractivity contribution in [2.24, 2.45) is 0 Å². The minimum atomic E-state index is 1.15. The number of aryl methyl sites for hydroxylation is 1. The van der Waals surface area contributed by atoms with E-state index in [9.17, 15) is 0 Å². The van der Waals surface area contributed by atoms with Crippen molar-refractivity contribution in [2.75, 3.05) is 0 Å². The molecule has 1 aliphatic rings. The van der Waals surface area contributed by atoms with Crippen LogP contribution in [0, 0.1) is 5.92 Å². The maximum atomic E-state index is 2.32. The van der Waals surface area contributed by atoms with Crippen molar-refractivity contribution in [2.45, 2.75) is 26.2 Å². The van der Waals surface area contributed by atoms with Gasteiger partial charge in [0.2, 0.25) is 0 Å². The van der Waals surface area contributed by atoms with Crippen LogP contribution in [0.1, 0.15) is 30.9 Å². The molecule has 1 saturated carbocycles. The summed E-state index contributed by atoms with van der Waals surface area (Å²) in [5.41, 5.74) is 2.94. The summed E-state index contributed by atoms with van der Waals surface area (Å²) < 4.78 is 0. The van der Waals surface area contributed by atoms with Crippen LogP contribution in [-0.2, 0) is 6.42 Å². The van der Waals surface area contributed by atoms with E-state index in [1.54, 1.807) is 5.92 Å². The summed E-state index contributed by atoms with van der Waals surface area (Å²) in [5, 5.41) is 0. The van der Waals surface area contributed by atoms with Crippen molar-refractivity contribution < 1.29 is 0 Å². The number of benzene rings is 1. The Balaban J connectivity index is 2.26. The number of rotatable bonds is 2. The molecule has 1 fully saturated rings. The lowest BCUT2D eigenvalue weighted by Crippen LogP contribution is -1.83. The minimum Gasteiger partial charge on any atom is -0.0617 e. The Morgan fingerprint density at radius 2 is 2.09 bits per heavy atom. The maximum absolute atomic E-state index is 2.32. The Kier molecular flexibility index (Phi) is 1.69. The van der Waals surface area contributed by atoms with Crippen LogP contribution in [0.2, 0.25) is 0 Å². The monoisotopic (exact) mass is 145 g/mol. The molecule has 0 bridgehead atoms. The molecule has 0 unspecified atom stereocenters. The fourth-order valence-corrected chi connectivity index (χ4v) is 1.36. The predicted molar refractivity (Wildman–Crippen MR) is 47.4 cm³/mol. The molecule has 57 valence electrons. The van der Waals surface area contributed by atoms with Gasteiger partial charge in [0.15, 0.2) is 0 Å². The third kappa shape index (κ3) is 1.45. The molecule has 0 spiro atoms. The van der Waals surface area contributed by atoms with Crippen molar-refractivity contribution in [3.05, 3.63) is 41.3 Å². The lowest BCUT2D eigenvalue weighted by atomic mass is 10.1. The van der Waals surface area contributed by atoms with Crippen LogP contribution in [0.25, 0.3) is 0 Å². The van der Waals surface area contributed by atoms with Crippen LogP contribution in [0.4, 0.5) is 0 Å². The van der Waals surface area contributed by atoms with Gasteiger partial charge in [0.1, 0.15) is 0 Å². The molecule has 0 nitrogen and oxygen atoms in total. The van der Waals surface area contributed by atoms with Gasteiger partial charge in [-0.1, -0.05) is 31.2 Å². The fourth-order valence-electron chi connectivity index (χ4n) is 1.36. The summed E-state index contributed by atoms with van der Waals surface area (Å²) in [4.78, 5) is 0. The molecule has 0 aromatic heterocycles. The van der Waals surface area contributed by atoms with E-state index in [1.807, 2.05) is 0 Å². The van der Waals surface area contributed by atoms with Gasteiger partial charge >= 0.3 is 0 Å². The van der Waals surface area contributed by atoms with Crippen LogP contribution in [0.15, 0.2) is 24.3 Å². The highest BCUT2D eigenvalue weighted by atomic mass is 14.3. The molecule has 0 heterocycles. The van der Waals surface area contributed by atoms with E-state index in [4.69, 9.17) is 0 Å². The highest BCUT2D eigenvalue weighted by Gasteiger charge is 2.23. The molecule has 1 aliphatic carbocycles. The van der Waals surface area contributed by atoms with Crippen molar-refractivity contribution in [1.29, 1.82) is 0 Å². The molecule has 0 N–H and O–H groups in total. The van der Waals surface area contributed by atoms with E-state index in [0.717, 1.165) is 6.42 Å². The van der Waals surface area contributed by atoms with E-state index in [1.165, 1.54) is 24.0 Å². The molecule has 0 aliphatic heterocycles. The summed E-state index contributed by atoms with van der Waals surface area (Å²) in [6.07, 6.45) is 3.81. The minimum absolute atomic E-state index is 1.15. The fraction of sp³-hybridized carbons (Fsp3) is 0.364. The molecule has 11 heavy (non-hydrogen) atoms. The molecular weight excluding hydrogens is 132 g/mol. The molecule has 1 aromatic rings.